The van der Waals surface area contributed by atoms with Crippen molar-refractivity contribution in [1.82, 2.24) is 4.31 Å². The Morgan fingerprint density at radius 1 is 0.971 bits per heavy atom. The number of hydrogen-bond acceptors (Lipinski definition) is 3. The van der Waals surface area contributed by atoms with E-state index >= 15 is 0 Å². The van der Waals surface area contributed by atoms with Crippen molar-refractivity contribution in [3.05, 3.63) is 94.6 Å². The van der Waals surface area contributed by atoms with E-state index in [2.05, 4.69) is 0 Å². The molecule has 0 saturated carbocycles. The van der Waals surface area contributed by atoms with Gasteiger partial charge in [-0.25, -0.2) is 17.2 Å². The summed E-state index contributed by atoms with van der Waals surface area (Å²) in [5.74, 6) is -1.71. The van der Waals surface area contributed by atoms with Crippen molar-refractivity contribution in [2.75, 3.05) is 19.0 Å². The van der Waals surface area contributed by atoms with Gasteiger partial charge in [0.1, 0.15) is 11.6 Å². The fourth-order valence-corrected chi connectivity index (χ4v) is 5.87. The van der Waals surface area contributed by atoms with Gasteiger partial charge >= 0.3 is 0 Å². The van der Waals surface area contributed by atoms with Crippen LogP contribution in [-0.4, -0.2) is 32.7 Å². The first-order chi connectivity index (χ1) is 16.2. The molecule has 1 aliphatic carbocycles. The molecule has 0 aromatic heterocycles. The maximum Gasteiger partial charge on any atom is 0.259 e. The van der Waals surface area contributed by atoms with E-state index in [4.69, 9.17) is 0 Å². The quantitative estimate of drug-likeness (QED) is 0.512. The van der Waals surface area contributed by atoms with Crippen LogP contribution in [0.4, 0.5) is 14.5 Å². The number of anilines is 1. The topological polar surface area (TPSA) is 57.7 Å². The summed E-state index contributed by atoms with van der Waals surface area (Å²) in [6, 6.07) is 15.6. The first kappa shape index (κ1) is 22.4. The van der Waals surface area contributed by atoms with Crippen LogP contribution in [0.15, 0.2) is 65.6 Å². The number of halogens is 2. The van der Waals surface area contributed by atoms with Crippen molar-refractivity contribution in [3.8, 4) is 0 Å². The van der Waals surface area contributed by atoms with Gasteiger partial charge in [0.2, 0.25) is 10.0 Å². The van der Waals surface area contributed by atoms with E-state index in [1.807, 2.05) is 24.3 Å². The SMILES string of the molecule is CN1C(=O)/C(=C2/CCc3ccccc32)c2cc(S(=O)(=O)N(C)Cc3ccc(F)cc3F)ccc21. The Balaban J connectivity index is 1.56. The molecule has 5 nitrogen and oxygen atoms in total. The summed E-state index contributed by atoms with van der Waals surface area (Å²) < 4.78 is 55.0. The summed E-state index contributed by atoms with van der Waals surface area (Å²) in [4.78, 5) is 14.7. The van der Waals surface area contributed by atoms with Crippen molar-refractivity contribution in [2.45, 2.75) is 24.3 Å². The van der Waals surface area contributed by atoms with Crippen molar-refractivity contribution in [1.29, 1.82) is 0 Å². The second kappa shape index (κ2) is 8.14. The summed E-state index contributed by atoms with van der Waals surface area (Å²) in [5.41, 5.74) is 4.90. The molecule has 8 heteroatoms. The van der Waals surface area contributed by atoms with Crippen LogP contribution in [0, 0.1) is 11.6 Å². The first-order valence-corrected chi connectivity index (χ1v) is 12.3. The van der Waals surface area contributed by atoms with Crippen LogP contribution in [-0.2, 0) is 27.8 Å². The molecule has 0 radical (unpaired) electrons. The second-order valence-corrected chi connectivity index (χ2v) is 10.6. The molecule has 0 unspecified atom stereocenters. The minimum absolute atomic E-state index is 0.00347. The second-order valence-electron chi connectivity index (χ2n) is 8.55. The van der Waals surface area contributed by atoms with Crippen LogP contribution in [0.25, 0.3) is 11.1 Å². The van der Waals surface area contributed by atoms with Gasteiger partial charge in [-0.3, -0.25) is 4.79 Å². The highest BCUT2D eigenvalue weighted by atomic mass is 32.2. The average Bonchev–Trinajstić information content (AvgIpc) is 3.34. The van der Waals surface area contributed by atoms with Gasteiger partial charge in [0.15, 0.2) is 0 Å². The fourth-order valence-electron chi connectivity index (χ4n) is 4.69. The van der Waals surface area contributed by atoms with Gasteiger partial charge in [-0.05, 0) is 53.8 Å². The standard InChI is InChI=1S/C26H22F2N2O3S/c1-29(15-17-7-9-18(27)13-23(17)28)34(32,33)19-10-12-24-22(14-19)25(26(31)30(24)2)21-11-8-16-5-3-4-6-20(16)21/h3-7,9-10,12-14H,8,11,15H2,1-2H3/b25-21-. The molecule has 0 bridgehead atoms. The van der Waals surface area contributed by atoms with Gasteiger partial charge in [0.25, 0.3) is 5.91 Å². The molecule has 34 heavy (non-hydrogen) atoms. The lowest BCUT2D eigenvalue weighted by molar-refractivity contribution is -0.112. The molecule has 1 aliphatic heterocycles. The summed E-state index contributed by atoms with van der Waals surface area (Å²) in [6.45, 7) is -0.258. The number of hydrogen-bond donors (Lipinski definition) is 0. The Hall–Kier alpha value is -3.36. The number of allylic oxidation sites excluding steroid dienone is 1. The molecule has 2 aliphatic rings. The largest absolute Gasteiger partial charge is 0.311 e. The predicted octanol–water partition coefficient (Wildman–Crippen LogP) is 4.62. The number of benzene rings is 3. The highest BCUT2D eigenvalue weighted by molar-refractivity contribution is 7.89. The Kier molecular flexibility index (Phi) is 5.37. The van der Waals surface area contributed by atoms with Gasteiger partial charge in [0, 0.05) is 37.8 Å². The molecule has 5 rings (SSSR count). The molecule has 0 atom stereocenters. The zero-order chi connectivity index (χ0) is 24.2. The zero-order valence-electron chi connectivity index (χ0n) is 18.7. The summed E-state index contributed by atoms with van der Waals surface area (Å²) >= 11 is 0. The Bertz CT molecular complexity index is 1480. The van der Waals surface area contributed by atoms with Gasteiger partial charge in [-0.1, -0.05) is 30.3 Å². The van der Waals surface area contributed by atoms with Crippen LogP contribution in [0.1, 0.15) is 28.7 Å². The van der Waals surface area contributed by atoms with Gasteiger partial charge < -0.3 is 4.90 Å². The van der Waals surface area contributed by atoms with E-state index in [9.17, 15) is 22.0 Å². The van der Waals surface area contributed by atoms with Crippen LogP contribution in [0.3, 0.4) is 0 Å². The number of nitrogens with zero attached hydrogens (tertiary/aromatic N) is 2. The number of rotatable bonds is 4. The third-order valence-electron chi connectivity index (χ3n) is 6.52. The van der Waals surface area contributed by atoms with E-state index in [1.165, 1.54) is 35.7 Å². The average molecular weight is 481 g/mol. The van der Waals surface area contributed by atoms with Crippen molar-refractivity contribution in [2.24, 2.45) is 0 Å². The molecular weight excluding hydrogens is 458 g/mol. The number of carbonyl (C=O) groups excluding carboxylic acids is 1. The molecule has 1 amide bonds. The van der Waals surface area contributed by atoms with Gasteiger partial charge in [0.05, 0.1) is 16.2 Å². The molecule has 174 valence electrons. The maximum absolute atomic E-state index is 14.1. The summed E-state index contributed by atoms with van der Waals surface area (Å²) in [5, 5.41) is 0. The zero-order valence-corrected chi connectivity index (χ0v) is 19.5. The van der Waals surface area contributed by atoms with Crippen molar-refractivity contribution >= 4 is 32.8 Å². The van der Waals surface area contributed by atoms with Crippen molar-refractivity contribution in [3.63, 3.8) is 0 Å². The van der Waals surface area contributed by atoms with Crippen molar-refractivity contribution < 1.29 is 22.0 Å². The number of carbonyl (C=O) groups is 1. The third kappa shape index (κ3) is 3.54. The molecule has 0 spiro atoms. The van der Waals surface area contributed by atoms with Crippen LogP contribution >= 0.6 is 0 Å². The highest BCUT2D eigenvalue weighted by Gasteiger charge is 2.36. The monoisotopic (exact) mass is 480 g/mol. The number of aryl methyl sites for hydroxylation is 1. The normalized spacial score (nSPS) is 17.4. The fraction of sp³-hybridized carbons (Fsp3) is 0.192. The molecule has 0 N–H and O–H groups in total. The van der Waals surface area contributed by atoms with Gasteiger partial charge in [-0.15, -0.1) is 0 Å². The summed E-state index contributed by atoms with van der Waals surface area (Å²) in [6.07, 6.45) is 1.53. The van der Waals surface area contributed by atoms with Gasteiger partial charge in [-0.2, -0.15) is 4.31 Å². The van der Waals surface area contributed by atoms with E-state index in [1.54, 1.807) is 13.1 Å². The van der Waals surface area contributed by atoms with Crippen LogP contribution < -0.4 is 4.90 Å². The van der Waals surface area contributed by atoms with E-state index in [-0.39, 0.29) is 22.9 Å². The van der Waals surface area contributed by atoms with E-state index in [0.717, 1.165) is 34.0 Å². The minimum atomic E-state index is -4.01. The maximum atomic E-state index is 14.1. The number of fused-ring (bicyclic) bond motifs is 2. The molecule has 3 aromatic rings. The Morgan fingerprint density at radius 3 is 2.50 bits per heavy atom. The third-order valence-corrected chi connectivity index (χ3v) is 8.32. The Morgan fingerprint density at radius 2 is 1.74 bits per heavy atom. The number of amides is 1. The molecule has 0 fully saturated rings. The minimum Gasteiger partial charge on any atom is -0.311 e. The summed E-state index contributed by atoms with van der Waals surface area (Å²) in [7, 11) is -0.991. The lowest BCUT2D eigenvalue weighted by atomic mass is 9.97. The molecular formula is C26H22F2N2O3S. The molecule has 3 aromatic carbocycles. The van der Waals surface area contributed by atoms with E-state index < -0.39 is 21.7 Å². The highest BCUT2D eigenvalue weighted by Crippen LogP contribution is 2.45. The first-order valence-electron chi connectivity index (χ1n) is 10.8. The lowest BCUT2D eigenvalue weighted by Crippen LogP contribution is -2.27. The smallest absolute Gasteiger partial charge is 0.259 e. The lowest BCUT2D eigenvalue weighted by Gasteiger charge is -2.18. The van der Waals surface area contributed by atoms with Crippen LogP contribution in [0.5, 0.6) is 0 Å². The predicted molar refractivity (Wildman–Crippen MR) is 126 cm³/mol. The van der Waals surface area contributed by atoms with Crippen LogP contribution in [0.2, 0.25) is 0 Å². The molecule has 0 saturated heterocycles. The number of likely N-dealkylation sites (N-methyl/N-ethyl adjacent to an activating group) is 1. The molecule has 1 heterocycles. The Labute approximate surface area is 197 Å². The van der Waals surface area contributed by atoms with E-state index in [0.29, 0.717) is 23.2 Å². The number of sulfonamides is 1.